The Kier molecular flexibility index (Phi) is 13.5. The van der Waals surface area contributed by atoms with Gasteiger partial charge in [0.15, 0.2) is 0 Å². The minimum Gasteiger partial charge on any atom is -0.462 e. The second kappa shape index (κ2) is 12.9. The number of carbonyl (C=O) groups excluding carboxylic acids is 1. The fourth-order valence-electron chi connectivity index (χ4n) is 1.43. The van der Waals surface area contributed by atoms with Gasteiger partial charge in [0.05, 0.1) is 17.7 Å². The first kappa shape index (κ1) is 18.9. The molecular formula is C13H22I2O2Si. The van der Waals surface area contributed by atoms with Crippen LogP contribution in [0.25, 0.3) is 0 Å². The lowest BCUT2D eigenvalue weighted by atomic mass is 10.1. The predicted molar refractivity (Wildman–Crippen MR) is 95.9 cm³/mol. The highest BCUT2D eigenvalue weighted by Gasteiger charge is 2.02. The summed E-state index contributed by atoms with van der Waals surface area (Å²) in [5.74, 6) is -0.261. The monoisotopic (exact) mass is 492 g/mol. The number of halogens is 2. The Bertz CT molecular complexity index is 245. The van der Waals surface area contributed by atoms with Gasteiger partial charge in [-0.3, -0.25) is 0 Å². The maximum Gasteiger partial charge on any atom is 0.333 e. The summed E-state index contributed by atoms with van der Waals surface area (Å²) in [7, 11) is 1.10. The van der Waals surface area contributed by atoms with Crippen LogP contribution in [0.3, 0.4) is 0 Å². The van der Waals surface area contributed by atoms with Crippen LogP contribution in [0.15, 0.2) is 12.2 Å². The van der Waals surface area contributed by atoms with E-state index in [1.54, 1.807) is 6.92 Å². The second-order valence-electron chi connectivity index (χ2n) is 4.29. The van der Waals surface area contributed by atoms with E-state index in [9.17, 15) is 4.79 Å². The number of hydrogen-bond donors (Lipinski definition) is 0. The summed E-state index contributed by atoms with van der Waals surface area (Å²) < 4.78 is 5.84. The molecule has 0 fully saturated rings. The van der Waals surface area contributed by atoms with Crippen LogP contribution >= 0.6 is 45.2 Å². The van der Waals surface area contributed by atoms with Crippen LogP contribution in [0, 0.1) is 0 Å². The van der Waals surface area contributed by atoms with E-state index in [-0.39, 0.29) is 5.97 Å². The van der Waals surface area contributed by atoms with Gasteiger partial charge in [0.25, 0.3) is 0 Å². The summed E-state index contributed by atoms with van der Waals surface area (Å²) >= 11 is 4.97. The van der Waals surface area contributed by atoms with Crippen LogP contribution < -0.4 is 0 Å². The van der Waals surface area contributed by atoms with Crippen LogP contribution in [-0.4, -0.2) is 23.7 Å². The average Bonchev–Trinajstić information content (AvgIpc) is 2.30. The lowest BCUT2D eigenvalue weighted by Crippen LogP contribution is -2.06. The van der Waals surface area contributed by atoms with Gasteiger partial charge < -0.3 is 4.74 Å². The fraction of sp³-hybridized carbons (Fsp3) is 0.769. The van der Waals surface area contributed by atoms with Gasteiger partial charge in [0, 0.05) is 5.57 Å². The lowest BCUT2D eigenvalue weighted by Gasteiger charge is -2.04. The molecule has 0 aliphatic rings. The third-order valence-electron chi connectivity index (χ3n) is 2.45. The van der Waals surface area contributed by atoms with Crippen LogP contribution in [-0.2, 0) is 9.53 Å². The molecule has 0 aromatic heterocycles. The first-order chi connectivity index (χ1) is 8.54. The van der Waals surface area contributed by atoms with Crippen molar-refractivity contribution < 1.29 is 9.53 Å². The van der Waals surface area contributed by atoms with Crippen molar-refractivity contribution in [2.75, 3.05) is 6.61 Å². The van der Waals surface area contributed by atoms with Gasteiger partial charge >= 0.3 is 5.97 Å². The Morgan fingerprint density at radius 1 is 1.17 bits per heavy atom. The normalized spacial score (nSPS) is 10.7. The van der Waals surface area contributed by atoms with Gasteiger partial charge in [-0.15, -0.1) is 0 Å². The third kappa shape index (κ3) is 13.3. The molecule has 5 heteroatoms. The SMILES string of the molecule is C=C(C)C(=O)OCCCCCCCC[Si]C(I)I. The summed E-state index contributed by atoms with van der Waals surface area (Å²) in [6.45, 7) is 5.77. The van der Waals surface area contributed by atoms with E-state index in [0.717, 1.165) is 23.9 Å². The van der Waals surface area contributed by atoms with Crippen molar-refractivity contribution in [2.24, 2.45) is 0 Å². The minimum atomic E-state index is -0.261. The Morgan fingerprint density at radius 2 is 1.72 bits per heavy atom. The topological polar surface area (TPSA) is 26.3 Å². The molecule has 0 saturated heterocycles. The van der Waals surface area contributed by atoms with Gasteiger partial charge in [-0.1, -0.05) is 89.9 Å². The molecule has 2 nitrogen and oxygen atoms in total. The molecule has 104 valence electrons. The van der Waals surface area contributed by atoms with Crippen LogP contribution in [0.5, 0.6) is 0 Å². The second-order valence-corrected chi connectivity index (χ2v) is 13.0. The van der Waals surface area contributed by atoms with Crippen molar-refractivity contribution in [2.45, 2.75) is 53.0 Å². The molecule has 0 unspecified atom stereocenters. The van der Waals surface area contributed by atoms with E-state index in [1.165, 1.54) is 31.7 Å². The smallest absolute Gasteiger partial charge is 0.333 e. The van der Waals surface area contributed by atoms with Gasteiger partial charge in [0.1, 0.15) is 0 Å². The Hall–Kier alpha value is 0.887. The highest BCUT2D eigenvalue weighted by Crippen LogP contribution is 2.13. The van der Waals surface area contributed by atoms with Crippen LogP contribution in [0.2, 0.25) is 6.04 Å². The van der Waals surface area contributed by atoms with E-state index >= 15 is 0 Å². The van der Waals surface area contributed by atoms with Gasteiger partial charge in [-0.05, 0) is 13.3 Å². The molecule has 0 saturated carbocycles. The molecule has 0 aliphatic carbocycles. The Morgan fingerprint density at radius 3 is 2.28 bits per heavy atom. The third-order valence-corrected chi connectivity index (χ3v) is 6.04. The standard InChI is InChI=1S/C13H22I2O2Si/c1-11(2)12(16)17-9-7-5-3-4-6-8-10-18-13(14)15/h13H,1,3-10H2,2H3. The molecule has 18 heavy (non-hydrogen) atoms. The maximum atomic E-state index is 11.1. The fourth-order valence-corrected chi connectivity index (χ4v) is 3.97. The molecule has 0 aliphatic heterocycles. The number of unbranched alkanes of at least 4 members (excludes halogenated alkanes) is 5. The van der Waals surface area contributed by atoms with Gasteiger partial charge in [0.2, 0.25) is 0 Å². The molecule has 0 heterocycles. The lowest BCUT2D eigenvalue weighted by molar-refractivity contribution is -0.139. The molecule has 0 aromatic carbocycles. The molecule has 2 radical (unpaired) electrons. The Balaban J connectivity index is 3.12. The molecule has 0 atom stereocenters. The average molecular weight is 492 g/mol. The highest BCUT2D eigenvalue weighted by molar-refractivity contribution is 14.2. The summed E-state index contributed by atoms with van der Waals surface area (Å²) in [4.78, 5) is 11.1. The molecule has 0 rings (SSSR count). The van der Waals surface area contributed by atoms with Crippen LogP contribution in [0.1, 0.15) is 45.4 Å². The molecule has 0 aromatic rings. The molecule has 0 N–H and O–H groups in total. The summed E-state index contributed by atoms with van der Waals surface area (Å²) in [6.07, 6.45) is 7.42. The largest absolute Gasteiger partial charge is 0.462 e. The first-order valence-corrected chi connectivity index (χ1v) is 10.2. The van der Waals surface area contributed by atoms with Crippen molar-refractivity contribution in [3.8, 4) is 0 Å². The molecule has 0 spiro atoms. The van der Waals surface area contributed by atoms with Crippen molar-refractivity contribution in [3.63, 3.8) is 0 Å². The van der Waals surface area contributed by atoms with Crippen molar-refractivity contribution in [3.05, 3.63) is 12.2 Å². The number of alkyl halides is 2. The summed E-state index contributed by atoms with van der Waals surface area (Å²) in [5, 5.41) is 0. The Labute approximate surface area is 141 Å². The molecule has 0 amide bonds. The zero-order valence-corrected chi connectivity index (χ0v) is 16.3. The number of rotatable bonds is 11. The number of ether oxygens (including phenoxy) is 1. The predicted octanol–water partition coefficient (Wildman–Crippen LogP) is 4.72. The van der Waals surface area contributed by atoms with Gasteiger partial charge in [-0.25, -0.2) is 4.79 Å². The van der Waals surface area contributed by atoms with E-state index in [4.69, 9.17) is 4.74 Å². The van der Waals surface area contributed by atoms with Crippen molar-refractivity contribution >= 4 is 60.7 Å². The van der Waals surface area contributed by atoms with E-state index in [1.807, 2.05) is 0 Å². The van der Waals surface area contributed by atoms with E-state index < -0.39 is 0 Å². The zero-order valence-electron chi connectivity index (χ0n) is 11.0. The summed E-state index contributed by atoms with van der Waals surface area (Å²) in [6, 6.07) is 1.38. The van der Waals surface area contributed by atoms with Crippen LogP contribution in [0.4, 0.5) is 0 Å². The summed E-state index contributed by atoms with van der Waals surface area (Å²) in [5.41, 5.74) is 0.486. The van der Waals surface area contributed by atoms with E-state index in [0.29, 0.717) is 12.2 Å². The van der Waals surface area contributed by atoms with Crippen molar-refractivity contribution in [1.82, 2.24) is 0 Å². The van der Waals surface area contributed by atoms with Gasteiger partial charge in [-0.2, -0.15) is 0 Å². The zero-order chi connectivity index (χ0) is 13.8. The van der Waals surface area contributed by atoms with Crippen molar-refractivity contribution in [1.29, 1.82) is 0 Å². The number of esters is 1. The first-order valence-electron chi connectivity index (χ1n) is 6.38. The number of hydrogen-bond acceptors (Lipinski definition) is 2. The minimum absolute atomic E-state index is 0.261. The highest BCUT2D eigenvalue weighted by atomic mass is 127. The molecule has 0 bridgehead atoms. The quantitative estimate of drug-likeness (QED) is 0.104. The number of carbonyl (C=O) groups is 1. The molecular weight excluding hydrogens is 470 g/mol. The maximum absolute atomic E-state index is 11.1. The van der Waals surface area contributed by atoms with E-state index in [2.05, 4.69) is 51.8 Å².